The predicted octanol–water partition coefficient (Wildman–Crippen LogP) is 12.2. The molecule has 0 saturated heterocycles. The van der Waals surface area contributed by atoms with E-state index in [2.05, 4.69) is 146 Å². The molecule has 0 atom stereocenters. The summed E-state index contributed by atoms with van der Waals surface area (Å²) < 4.78 is 0. The Morgan fingerprint density at radius 2 is 0.760 bits per heavy atom. The van der Waals surface area contributed by atoms with Crippen molar-refractivity contribution in [2.24, 2.45) is 0 Å². The third-order valence-electron chi connectivity index (χ3n) is 9.29. The van der Waals surface area contributed by atoms with Crippen molar-refractivity contribution >= 4 is 21.7 Å². The molecule has 0 aliphatic heterocycles. The SMILES string of the molecule is c1ccc(-c2cc(-c3ccccc3)nc(-c3ccc(-c4ccc5ccc6nc(-c7ccccc7)cc(-c7ccccc7)c6c5c4)cc3)n2)cc1. The van der Waals surface area contributed by atoms with Gasteiger partial charge in [0.2, 0.25) is 0 Å². The van der Waals surface area contributed by atoms with Crippen LogP contribution in [-0.2, 0) is 0 Å². The summed E-state index contributed by atoms with van der Waals surface area (Å²) in [5.74, 6) is 0.703. The molecule has 0 aliphatic rings. The highest BCUT2D eigenvalue weighted by molar-refractivity contribution is 6.14. The van der Waals surface area contributed by atoms with Crippen molar-refractivity contribution < 1.29 is 0 Å². The molecule has 3 heteroatoms. The van der Waals surface area contributed by atoms with Gasteiger partial charge in [-0.15, -0.1) is 0 Å². The fraction of sp³-hybridized carbons (Fsp3) is 0. The molecule has 2 heterocycles. The van der Waals surface area contributed by atoms with Crippen LogP contribution in [-0.4, -0.2) is 15.0 Å². The zero-order chi connectivity index (χ0) is 33.3. The molecular weight excluding hydrogens is 607 g/mol. The van der Waals surface area contributed by atoms with Gasteiger partial charge in [-0.3, -0.25) is 0 Å². The van der Waals surface area contributed by atoms with Crippen molar-refractivity contribution in [3.05, 3.63) is 188 Å². The molecule has 2 aromatic heterocycles. The van der Waals surface area contributed by atoms with Gasteiger partial charge in [0.1, 0.15) is 0 Å². The van der Waals surface area contributed by atoms with E-state index in [4.69, 9.17) is 15.0 Å². The molecule has 0 spiro atoms. The smallest absolute Gasteiger partial charge is 0.160 e. The zero-order valence-electron chi connectivity index (χ0n) is 27.2. The molecule has 3 nitrogen and oxygen atoms in total. The molecule has 0 saturated carbocycles. The summed E-state index contributed by atoms with van der Waals surface area (Å²) in [7, 11) is 0. The molecule has 9 aromatic rings. The van der Waals surface area contributed by atoms with Crippen molar-refractivity contribution in [2.75, 3.05) is 0 Å². The molecule has 234 valence electrons. The van der Waals surface area contributed by atoms with E-state index in [0.717, 1.165) is 61.4 Å². The van der Waals surface area contributed by atoms with E-state index in [0.29, 0.717) is 5.82 Å². The molecule has 0 N–H and O–H groups in total. The summed E-state index contributed by atoms with van der Waals surface area (Å²) in [5.41, 5.74) is 12.6. The summed E-state index contributed by atoms with van der Waals surface area (Å²) in [4.78, 5) is 15.2. The Kier molecular flexibility index (Phi) is 7.49. The Labute approximate surface area is 291 Å². The van der Waals surface area contributed by atoms with Gasteiger partial charge in [-0.2, -0.15) is 0 Å². The Hall–Kier alpha value is -6.71. The zero-order valence-corrected chi connectivity index (χ0v) is 27.2. The van der Waals surface area contributed by atoms with Crippen LogP contribution in [0.5, 0.6) is 0 Å². The summed E-state index contributed by atoms with van der Waals surface area (Å²) in [6.07, 6.45) is 0. The van der Waals surface area contributed by atoms with Gasteiger partial charge in [-0.1, -0.05) is 164 Å². The molecule has 0 bridgehead atoms. The Bertz CT molecular complexity index is 2540. The van der Waals surface area contributed by atoms with Crippen LogP contribution < -0.4 is 0 Å². The monoisotopic (exact) mass is 637 g/mol. The average molecular weight is 638 g/mol. The van der Waals surface area contributed by atoms with Crippen LogP contribution in [0.1, 0.15) is 0 Å². The second-order valence-electron chi connectivity index (χ2n) is 12.5. The molecule has 7 aromatic carbocycles. The average Bonchev–Trinajstić information content (AvgIpc) is 3.21. The summed E-state index contributed by atoms with van der Waals surface area (Å²) in [6, 6.07) is 65.6. The maximum absolute atomic E-state index is 5.17. The van der Waals surface area contributed by atoms with Gasteiger partial charge in [0, 0.05) is 27.6 Å². The first-order valence-corrected chi connectivity index (χ1v) is 16.9. The number of pyridine rings is 1. The van der Waals surface area contributed by atoms with Crippen LogP contribution in [0.4, 0.5) is 0 Å². The highest BCUT2D eigenvalue weighted by atomic mass is 14.9. The van der Waals surface area contributed by atoms with Crippen LogP contribution in [0.25, 0.3) is 89.1 Å². The number of fused-ring (bicyclic) bond motifs is 3. The van der Waals surface area contributed by atoms with E-state index in [1.165, 1.54) is 21.9 Å². The lowest BCUT2D eigenvalue weighted by Gasteiger charge is -2.14. The minimum atomic E-state index is 0.703. The Morgan fingerprint density at radius 3 is 1.32 bits per heavy atom. The summed E-state index contributed by atoms with van der Waals surface area (Å²) in [5, 5.41) is 3.52. The molecule has 0 aliphatic carbocycles. The predicted molar refractivity (Wildman–Crippen MR) is 207 cm³/mol. The van der Waals surface area contributed by atoms with Gasteiger partial charge in [0.15, 0.2) is 5.82 Å². The van der Waals surface area contributed by atoms with Gasteiger partial charge in [0.25, 0.3) is 0 Å². The first-order chi connectivity index (χ1) is 24.8. The molecule has 0 unspecified atom stereocenters. The van der Waals surface area contributed by atoms with Crippen LogP contribution in [0, 0.1) is 0 Å². The molecular formula is C47H31N3. The van der Waals surface area contributed by atoms with Crippen LogP contribution in [0.15, 0.2) is 188 Å². The van der Waals surface area contributed by atoms with Crippen molar-refractivity contribution in [3.63, 3.8) is 0 Å². The third-order valence-corrected chi connectivity index (χ3v) is 9.29. The van der Waals surface area contributed by atoms with Gasteiger partial charge >= 0.3 is 0 Å². The second-order valence-corrected chi connectivity index (χ2v) is 12.5. The van der Waals surface area contributed by atoms with E-state index in [-0.39, 0.29) is 0 Å². The van der Waals surface area contributed by atoms with Gasteiger partial charge in [-0.25, -0.2) is 15.0 Å². The number of benzene rings is 7. The second kappa shape index (κ2) is 12.7. The number of aromatic nitrogens is 3. The van der Waals surface area contributed by atoms with E-state index in [1.807, 2.05) is 42.5 Å². The quantitative estimate of drug-likeness (QED) is 0.170. The van der Waals surface area contributed by atoms with Gasteiger partial charge in [0.05, 0.1) is 22.6 Å². The first-order valence-electron chi connectivity index (χ1n) is 16.9. The molecule has 50 heavy (non-hydrogen) atoms. The summed E-state index contributed by atoms with van der Waals surface area (Å²) >= 11 is 0. The number of hydrogen-bond donors (Lipinski definition) is 0. The molecule has 0 radical (unpaired) electrons. The number of nitrogens with zero attached hydrogens (tertiary/aromatic N) is 3. The highest BCUT2D eigenvalue weighted by Crippen LogP contribution is 2.38. The van der Waals surface area contributed by atoms with Gasteiger partial charge in [-0.05, 0) is 57.3 Å². The van der Waals surface area contributed by atoms with E-state index >= 15 is 0 Å². The third kappa shape index (κ3) is 5.61. The Balaban J connectivity index is 1.15. The molecule has 9 rings (SSSR count). The van der Waals surface area contributed by atoms with Crippen LogP contribution in [0.3, 0.4) is 0 Å². The van der Waals surface area contributed by atoms with Crippen LogP contribution >= 0.6 is 0 Å². The van der Waals surface area contributed by atoms with E-state index in [1.54, 1.807) is 0 Å². The lowest BCUT2D eigenvalue weighted by molar-refractivity contribution is 1.18. The molecule has 0 fully saturated rings. The normalized spacial score (nSPS) is 11.2. The van der Waals surface area contributed by atoms with Gasteiger partial charge < -0.3 is 0 Å². The van der Waals surface area contributed by atoms with Crippen molar-refractivity contribution in [2.45, 2.75) is 0 Å². The summed E-state index contributed by atoms with van der Waals surface area (Å²) in [6.45, 7) is 0. The maximum Gasteiger partial charge on any atom is 0.160 e. The fourth-order valence-electron chi connectivity index (χ4n) is 6.74. The van der Waals surface area contributed by atoms with Crippen molar-refractivity contribution in [3.8, 4) is 67.4 Å². The largest absolute Gasteiger partial charge is 0.248 e. The van der Waals surface area contributed by atoms with Crippen LogP contribution in [0.2, 0.25) is 0 Å². The maximum atomic E-state index is 5.17. The van der Waals surface area contributed by atoms with Crippen molar-refractivity contribution in [1.82, 2.24) is 15.0 Å². The lowest BCUT2D eigenvalue weighted by atomic mass is 9.92. The van der Waals surface area contributed by atoms with E-state index in [9.17, 15) is 0 Å². The molecule has 0 amide bonds. The fourth-order valence-corrected chi connectivity index (χ4v) is 6.74. The number of rotatable bonds is 6. The topological polar surface area (TPSA) is 38.7 Å². The lowest BCUT2D eigenvalue weighted by Crippen LogP contribution is -1.96. The minimum absolute atomic E-state index is 0.703. The highest BCUT2D eigenvalue weighted by Gasteiger charge is 2.15. The standard InChI is InChI=1S/C47H31N3/c1-5-13-33(14-6-1)41-30-43(35-15-7-2-8-16-35)48-42-28-27-34-23-26-39(29-40(34)46(41)42)32-21-24-38(25-22-32)47-49-44(36-17-9-3-10-18-36)31-45(50-47)37-19-11-4-12-20-37/h1-31H. The van der Waals surface area contributed by atoms with Crippen molar-refractivity contribution in [1.29, 1.82) is 0 Å². The minimum Gasteiger partial charge on any atom is -0.248 e. The first kappa shape index (κ1) is 29.4. The Morgan fingerprint density at radius 1 is 0.300 bits per heavy atom. The van der Waals surface area contributed by atoms with E-state index < -0.39 is 0 Å². The number of hydrogen-bond acceptors (Lipinski definition) is 3.